The van der Waals surface area contributed by atoms with Gasteiger partial charge in [-0.2, -0.15) is 0 Å². The zero-order valence-electron chi connectivity index (χ0n) is 15.1. The van der Waals surface area contributed by atoms with Crippen LogP contribution in [0.3, 0.4) is 0 Å². The van der Waals surface area contributed by atoms with Crippen LogP contribution in [-0.4, -0.2) is 54.2 Å². The van der Waals surface area contributed by atoms with Crippen molar-refractivity contribution in [1.82, 2.24) is 15.1 Å². The minimum absolute atomic E-state index is 0.0934. The Bertz CT molecular complexity index is 729. The van der Waals surface area contributed by atoms with Gasteiger partial charge < -0.3 is 15.1 Å². The van der Waals surface area contributed by atoms with E-state index < -0.39 is 0 Å². The predicted octanol–water partition coefficient (Wildman–Crippen LogP) is 2.43. The third kappa shape index (κ3) is 3.96. The molecule has 1 aliphatic heterocycles. The summed E-state index contributed by atoms with van der Waals surface area (Å²) in [4.78, 5) is 16.8. The van der Waals surface area contributed by atoms with E-state index in [1.807, 2.05) is 29.2 Å². The second-order valence-corrected chi connectivity index (χ2v) is 6.74. The molecule has 3 rings (SSSR count). The monoisotopic (exact) mass is 339 g/mol. The highest BCUT2D eigenvalue weighted by atomic mass is 16.2. The van der Waals surface area contributed by atoms with Gasteiger partial charge in [0.05, 0.1) is 0 Å². The van der Waals surface area contributed by atoms with Crippen molar-refractivity contribution < 1.29 is 4.79 Å². The van der Waals surface area contributed by atoms with E-state index in [4.69, 9.17) is 0 Å². The third-order valence-corrected chi connectivity index (χ3v) is 4.40. The number of carbonyl (C=O) groups excluding carboxylic acids is 1. The van der Waals surface area contributed by atoms with Gasteiger partial charge in [0.1, 0.15) is 5.82 Å². The quantitative estimate of drug-likeness (QED) is 0.819. The van der Waals surface area contributed by atoms with Crippen LogP contribution in [0.5, 0.6) is 0 Å². The maximum Gasteiger partial charge on any atom is 0.279 e. The zero-order valence-corrected chi connectivity index (χ0v) is 15.1. The van der Waals surface area contributed by atoms with Crippen molar-refractivity contribution in [2.45, 2.75) is 25.8 Å². The van der Waals surface area contributed by atoms with E-state index >= 15 is 0 Å². The Labute approximate surface area is 148 Å². The largest absolute Gasteiger partial charge is 0.369 e. The lowest BCUT2D eigenvalue weighted by molar-refractivity contribution is 0.0975. The maximum atomic E-state index is 12.9. The highest BCUT2D eigenvalue weighted by Gasteiger charge is 2.31. The second kappa shape index (κ2) is 7.61. The van der Waals surface area contributed by atoms with Crippen LogP contribution >= 0.6 is 0 Å². The lowest BCUT2D eigenvalue weighted by Crippen LogP contribution is -2.36. The Hall–Kier alpha value is -2.47. The molecule has 2 heterocycles. The Morgan fingerprint density at radius 3 is 2.76 bits per heavy atom. The van der Waals surface area contributed by atoms with Crippen LogP contribution in [-0.2, 0) is 6.42 Å². The number of rotatable bonds is 6. The van der Waals surface area contributed by atoms with Gasteiger partial charge in [0.2, 0.25) is 0 Å². The summed E-state index contributed by atoms with van der Waals surface area (Å²) in [6.07, 6.45) is 1.90. The third-order valence-electron chi connectivity index (χ3n) is 4.40. The Balaban J connectivity index is 1.65. The summed E-state index contributed by atoms with van der Waals surface area (Å²) in [5.41, 5.74) is 2.56. The number of benzene rings is 1. The summed E-state index contributed by atoms with van der Waals surface area (Å²) >= 11 is 0. The number of carbonyl (C=O) groups is 1. The van der Waals surface area contributed by atoms with Crippen LogP contribution in [0.15, 0.2) is 36.4 Å². The van der Waals surface area contributed by atoms with E-state index in [0.717, 1.165) is 31.6 Å². The molecule has 25 heavy (non-hydrogen) atoms. The smallest absolute Gasteiger partial charge is 0.279 e. The van der Waals surface area contributed by atoms with Gasteiger partial charge in [-0.25, -0.2) is 0 Å². The first-order valence-electron chi connectivity index (χ1n) is 8.70. The molecule has 1 amide bonds. The molecule has 0 fully saturated rings. The number of aromatic nitrogens is 2. The van der Waals surface area contributed by atoms with Crippen molar-refractivity contribution in [3.8, 4) is 0 Å². The van der Waals surface area contributed by atoms with E-state index in [9.17, 15) is 4.79 Å². The lowest BCUT2D eigenvalue weighted by Gasteiger charge is -2.22. The molecule has 1 unspecified atom stereocenters. The average Bonchev–Trinajstić information content (AvgIpc) is 2.94. The van der Waals surface area contributed by atoms with Crippen molar-refractivity contribution in [2.75, 3.05) is 37.4 Å². The van der Waals surface area contributed by atoms with E-state index in [0.29, 0.717) is 11.5 Å². The van der Waals surface area contributed by atoms with Crippen LogP contribution in [0.4, 0.5) is 11.5 Å². The van der Waals surface area contributed by atoms with Crippen LogP contribution in [0, 0.1) is 0 Å². The first-order chi connectivity index (χ1) is 12.1. The number of fused-ring (bicyclic) bond motifs is 1. The van der Waals surface area contributed by atoms with Gasteiger partial charge in [0.15, 0.2) is 5.69 Å². The minimum atomic E-state index is -0.0934. The van der Waals surface area contributed by atoms with E-state index in [-0.39, 0.29) is 11.9 Å². The van der Waals surface area contributed by atoms with E-state index in [1.165, 1.54) is 5.56 Å². The van der Waals surface area contributed by atoms with Crippen molar-refractivity contribution >= 4 is 17.4 Å². The molecule has 0 saturated heterocycles. The van der Waals surface area contributed by atoms with Gasteiger partial charge in [-0.3, -0.25) is 4.79 Å². The van der Waals surface area contributed by atoms with Gasteiger partial charge in [0.25, 0.3) is 5.91 Å². The van der Waals surface area contributed by atoms with Gasteiger partial charge in [-0.15, -0.1) is 10.2 Å². The molecule has 6 nitrogen and oxygen atoms in total. The second-order valence-electron chi connectivity index (χ2n) is 6.74. The summed E-state index contributed by atoms with van der Waals surface area (Å²) in [5.74, 6) is 0.606. The van der Waals surface area contributed by atoms with Crippen molar-refractivity contribution in [3.63, 3.8) is 0 Å². The summed E-state index contributed by atoms with van der Waals surface area (Å²) in [5, 5.41) is 11.5. The lowest BCUT2D eigenvalue weighted by atomic mass is 10.1. The molecule has 0 saturated carbocycles. The molecule has 1 N–H and O–H groups in total. The van der Waals surface area contributed by atoms with Crippen LogP contribution in [0.25, 0.3) is 0 Å². The number of hydrogen-bond donors (Lipinski definition) is 1. The number of anilines is 2. The van der Waals surface area contributed by atoms with Gasteiger partial charge >= 0.3 is 0 Å². The SMILES string of the molecule is CC1Cc2ccccc2N1C(=O)c1ccc(NCCCN(C)C)nn1. The van der Waals surface area contributed by atoms with Gasteiger partial charge in [-0.05, 0) is 64.2 Å². The molecule has 2 aromatic rings. The number of amides is 1. The number of nitrogens with zero attached hydrogens (tertiary/aromatic N) is 4. The maximum absolute atomic E-state index is 12.9. The molecule has 0 aliphatic carbocycles. The number of para-hydroxylation sites is 1. The fourth-order valence-corrected chi connectivity index (χ4v) is 3.15. The molecule has 1 aromatic carbocycles. The molecule has 0 spiro atoms. The van der Waals surface area contributed by atoms with Gasteiger partial charge in [-0.1, -0.05) is 18.2 Å². The normalized spacial score (nSPS) is 16.2. The molecule has 0 bridgehead atoms. The highest BCUT2D eigenvalue weighted by molar-refractivity contribution is 6.06. The number of hydrogen-bond acceptors (Lipinski definition) is 5. The Morgan fingerprint density at radius 1 is 1.24 bits per heavy atom. The molecule has 1 aliphatic rings. The molecule has 132 valence electrons. The first-order valence-corrected chi connectivity index (χ1v) is 8.70. The summed E-state index contributed by atoms with van der Waals surface area (Å²) in [6.45, 7) is 3.91. The Kier molecular flexibility index (Phi) is 5.28. The Morgan fingerprint density at radius 2 is 2.04 bits per heavy atom. The topological polar surface area (TPSA) is 61.4 Å². The fraction of sp³-hybridized carbons (Fsp3) is 0.421. The van der Waals surface area contributed by atoms with E-state index in [1.54, 1.807) is 6.07 Å². The molecule has 1 aromatic heterocycles. The molecule has 0 radical (unpaired) electrons. The standard InChI is InChI=1S/C19H25N5O/c1-14-13-15-7-4-5-8-17(15)24(14)19(25)16-9-10-18(22-21-16)20-11-6-12-23(2)3/h4-5,7-10,14H,6,11-13H2,1-3H3,(H,20,22). The fourth-order valence-electron chi connectivity index (χ4n) is 3.15. The highest BCUT2D eigenvalue weighted by Crippen LogP contribution is 2.32. The molecule has 1 atom stereocenters. The van der Waals surface area contributed by atoms with Crippen LogP contribution in [0.1, 0.15) is 29.4 Å². The first kappa shape index (κ1) is 17.4. The van der Waals surface area contributed by atoms with Crippen molar-refractivity contribution in [3.05, 3.63) is 47.7 Å². The number of nitrogens with one attached hydrogen (secondary N) is 1. The average molecular weight is 339 g/mol. The minimum Gasteiger partial charge on any atom is -0.369 e. The summed E-state index contributed by atoms with van der Waals surface area (Å²) in [7, 11) is 4.11. The van der Waals surface area contributed by atoms with Crippen LogP contribution < -0.4 is 10.2 Å². The van der Waals surface area contributed by atoms with Crippen LogP contribution in [0.2, 0.25) is 0 Å². The zero-order chi connectivity index (χ0) is 17.8. The molecular formula is C19H25N5O. The van der Waals surface area contributed by atoms with Gasteiger partial charge in [0, 0.05) is 18.3 Å². The molecule has 6 heteroatoms. The van der Waals surface area contributed by atoms with Crippen molar-refractivity contribution in [2.24, 2.45) is 0 Å². The van der Waals surface area contributed by atoms with Crippen molar-refractivity contribution in [1.29, 1.82) is 0 Å². The van der Waals surface area contributed by atoms with E-state index in [2.05, 4.69) is 47.5 Å². The summed E-state index contributed by atoms with van der Waals surface area (Å²) < 4.78 is 0. The predicted molar refractivity (Wildman–Crippen MR) is 100 cm³/mol. The summed E-state index contributed by atoms with van der Waals surface area (Å²) in [6, 6.07) is 11.7. The molecular weight excluding hydrogens is 314 g/mol.